The predicted molar refractivity (Wildman–Crippen MR) is 71.3 cm³/mol. The van der Waals surface area contributed by atoms with Crippen molar-refractivity contribution in [1.82, 2.24) is 4.90 Å². The number of hydrogen-bond donors (Lipinski definition) is 1. The van der Waals surface area contributed by atoms with Gasteiger partial charge in [-0.15, -0.1) is 0 Å². The van der Waals surface area contributed by atoms with Gasteiger partial charge in [0.05, 0.1) is 32.2 Å². The number of piperidine rings is 1. The Hall–Kier alpha value is -1.14. The van der Waals surface area contributed by atoms with Gasteiger partial charge in [-0.2, -0.15) is 0 Å². The lowest BCUT2D eigenvalue weighted by atomic mass is 9.90. The summed E-state index contributed by atoms with van der Waals surface area (Å²) < 4.78 is 10.1. The minimum atomic E-state index is -0.684. The number of amides is 1. The second-order valence-electron chi connectivity index (χ2n) is 5.69. The summed E-state index contributed by atoms with van der Waals surface area (Å²) in [6, 6.07) is 0. The van der Waals surface area contributed by atoms with E-state index >= 15 is 0 Å². The van der Waals surface area contributed by atoms with Crippen molar-refractivity contribution >= 4 is 11.9 Å². The first-order chi connectivity index (χ1) is 9.59. The third-order valence-electron chi connectivity index (χ3n) is 4.49. The van der Waals surface area contributed by atoms with Gasteiger partial charge >= 0.3 is 5.97 Å². The van der Waals surface area contributed by atoms with Crippen LogP contribution in [-0.2, 0) is 19.1 Å². The van der Waals surface area contributed by atoms with E-state index in [4.69, 9.17) is 14.6 Å². The summed E-state index contributed by atoms with van der Waals surface area (Å²) in [5.74, 6) is -0.766. The summed E-state index contributed by atoms with van der Waals surface area (Å²) >= 11 is 0. The van der Waals surface area contributed by atoms with Gasteiger partial charge in [0.25, 0.3) is 0 Å². The largest absolute Gasteiger partial charge is 0.481 e. The van der Waals surface area contributed by atoms with Crippen molar-refractivity contribution < 1.29 is 24.2 Å². The molecule has 1 N–H and O–H groups in total. The number of hydrogen-bond acceptors (Lipinski definition) is 4. The molecule has 2 fully saturated rings. The first-order valence-electron chi connectivity index (χ1n) is 7.16. The normalized spacial score (nSPS) is 23.9. The van der Waals surface area contributed by atoms with Crippen LogP contribution in [0.15, 0.2) is 0 Å². The van der Waals surface area contributed by atoms with Crippen LogP contribution >= 0.6 is 0 Å². The smallest absolute Gasteiger partial charge is 0.307 e. The second-order valence-corrected chi connectivity index (χ2v) is 5.69. The maximum absolute atomic E-state index is 12.0. The van der Waals surface area contributed by atoms with E-state index in [1.165, 1.54) is 0 Å². The zero-order chi connectivity index (χ0) is 14.6. The first kappa shape index (κ1) is 15.3. The maximum Gasteiger partial charge on any atom is 0.307 e. The van der Waals surface area contributed by atoms with Gasteiger partial charge in [0.15, 0.2) is 0 Å². The molecule has 1 saturated heterocycles. The number of ether oxygens (including phenoxy) is 2. The number of rotatable bonds is 7. The molecule has 0 bridgehead atoms. The quantitative estimate of drug-likeness (QED) is 0.699. The molecule has 20 heavy (non-hydrogen) atoms. The van der Waals surface area contributed by atoms with Crippen LogP contribution in [0.1, 0.15) is 25.7 Å². The van der Waals surface area contributed by atoms with Crippen LogP contribution < -0.4 is 0 Å². The molecule has 1 unspecified atom stereocenters. The summed E-state index contributed by atoms with van der Waals surface area (Å²) in [7, 11) is 1.61. The van der Waals surface area contributed by atoms with Crippen LogP contribution in [-0.4, -0.2) is 61.9 Å². The molecule has 114 valence electrons. The van der Waals surface area contributed by atoms with E-state index in [0.29, 0.717) is 39.3 Å². The molecule has 1 aliphatic carbocycles. The Balaban J connectivity index is 1.64. The highest BCUT2D eigenvalue weighted by atomic mass is 16.5. The number of aliphatic carboxylic acids is 1. The summed E-state index contributed by atoms with van der Waals surface area (Å²) in [4.78, 5) is 24.8. The molecule has 1 heterocycles. The lowest BCUT2D eigenvalue weighted by Crippen LogP contribution is -2.40. The highest BCUT2D eigenvalue weighted by Gasteiger charge is 2.59. The van der Waals surface area contributed by atoms with Crippen molar-refractivity contribution in [2.75, 3.05) is 40.0 Å². The van der Waals surface area contributed by atoms with E-state index < -0.39 is 5.97 Å². The van der Waals surface area contributed by atoms with Crippen molar-refractivity contribution in [2.45, 2.75) is 25.7 Å². The molecule has 1 aliphatic heterocycles. The summed E-state index contributed by atoms with van der Waals surface area (Å²) in [5.41, 5.74) is -0.0163. The highest BCUT2D eigenvalue weighted by Crippen LogP contribution is 2.59. The van der Waals surface area contributed by atoms with E-state index in [9.17, 15) is 9.59 Å². The number of methoxy groups -OCH3 is 1. The minimum absolute atomic E-state index is 0.0163. The van der Waals surface area contributed by atoms with Crippen LogP contribution in [0.2, 0.25) is 0 Å². The maximum atomic E-state index is 12.0. The van der Waals surface area contributed by atoms with Crippen molar-refractivity contribution in [3.05, 3.63) is 0 Å². The number of likely N-dealkylation sites (tertiary alicyclic amines) is 1. The topological polar surface area (TPSA) is 76.1 Å². The summed E-state index contributed by atoms with van der Waals surface area (Å²) in [5, 5.41) is 9.03. The zero-order valence-electron chi connectivity index (χ0n) is 12.0. The fourth-order valence-corrected chi connectivity index (χ4v) is 3.01. The number of nitrogens with zero attached hydrogens (tertiary/aromatic N) is 1. The van der Waals surface area contributed by atoms with Crippen LogP contribution in [0.3, 0.4) is 0 Å². The predicted octanol–water partition coefficient (Wildman–Crippen LogP) is 0.753. The number of carboxylic acid groups (broad SMARTS) is 1. The second kappa shape index (κ2) is 6.54. The van der Waals surface area contributed by atoms with E-state index in [0.717, 1.165) is 19.3 Å². The number of carbonyl (C=O) groups is 2. The minimum Gasteiger partial charge on any atom is -0.481 e. The Kier molecular flexibility index (Phi) is 4.99. The van der Waals surface area contributed by atoms with Crippen molar-refractivity contribution in [3.63, 3.8) is 0 Å². The molecule has 1 atom stereocenters. The fourth-order valence-electron chi connectivity index (χ4n) is 3.01. The molecule has 1 saturated carbocycles. The molecule has 1 amide bonds. The van der Waals surface area contributed by atoms with E-state index in [-0.39, 0.29) is 17.2 Å². The number of carboxylic acids is 1. The van der Waals surface area contributed by atoms with Gasteiger partial charge in [-0.05, 0) is 24.7 Å². The molecule has 2 aliphatic rings. The SMILES string of the molecule is COCCOCCC(=O)N1CCC2(CC1)CC2C(=O)O. The van der Waals surface area contributed by atoms with Gasteiger partial charge in [0.1, 0.15) is 0 Å². The third-order valence-corrected chi connectivity index (χ3v) is 4.49. The third kappa shape index (κ3) is 3.49. The Morgan fingerprint density at radius 3 is 2.50 bits per heavy atom. The molecular weight excluding hydrogens is 262 g/mol. The Morgan fingerprint density at radius 1 is 1.25 bits per heavy atom. The van der Waals surface area contributed by atoms with Crippen LogP contribution in [0.25, 0.3) is 0 Å². The lowest BCUT2D eigenvalue weighted by Gasteiger charge is -2.32. The highest BCUT2D eigenvalue weighted by molar-refractivity contribution is 5.77. The molecule has 0 aromatic rings. The zero-order valence-corrected chi connectivity index (χ0v) is 12.0. The molecule has 1 spiro atoms. The molecule has 0 radical (unpaired) electrons. The first-order valence-corrected chi connectivity index (χ1v) is 7.16. The van der Waals surface area contributed by atoms with E-state index in [1.807, 2.05) is 4.90 Å². The van der Waals surface area contributed by atoms with Gasteiger partial charge < -0.3 is 19.5 Å². The standard InChI is InChI=1S/C14H23NO5/c1-19-8-9-20-7-2-12(16)15-5-3-14(4-6-15)10-11(14)13(17)18/h11H,2-10H2,1H3,(H,17,18). The van der Waals surface area contributed by atoms with Crippen molar-refractivity contribution in [1.29, 1.82) is 0 Å². The van der Waals surface area contributed by atoms with Gasteiger partial charge in [0.2, 0.25) is 5.91 Å². The molecular formula is C14H23NO5. The van der Waals surface area contributed by atoms with Crippen LogP contribution in [0.5, 0.6) is 0 Å². The van der Waals surface area contributed by atoms with Gasteiger partial charge in [-0.25, -0.2) is 0 Å². The number of carbonyl (C=O) groups excluding carboxylic acids is 1. The molecule has 2 rings (SSSR count). The molecule has 6 heteroatoms. The Morgan fingerprint density at radius 2 is 1.95 bits per heavy atom. The molecule has 6 nitrogen and oxygen atoms in total. The summed E-state index contributed by atoms with van der Waals surface area (Å²) in [6.45, 7) is 2.83. The van der Waals surface area contributed by atoms with E-state index in [2.05, 4.69) is 0 Å². The van der Waals surface area contributed by atoms with Crippen molar-refractivity contribution in [3.8, 4) is 0 Å². The molecule has 0 aromatic carbocycles. The van der Waals surface area contributed by atoms with Crippen LogP contribution in [0.4, 0.5) is 0 Å². The van der Waals surface area contributed by atoms with Gasteiger partial charge in [0, 0.05) is 20.2 Å². The fraction of sp³-hybridized carbons (Fsp3) is 0.857. The average molecular weight is 285 g/mol. The average Bonchev–Trinajstić information content (AvgIpc) is 3.13. The summed E-state index contributed by atoms with van der Waals surface area (Å²) in [6.07, 6.45) is 2.81. The van der Waals surface area contributed by atoms with Gasteiger partial charge in [-0.1, -0.05) is 0 Å². The van der Waals surface area contributed by atoms with Crippen LogP contribution in [0, 0.1) is 11.3 Å². The van der Waals surface area contributed by atoms with E-state index in [1.54, 1.807) is 7.11 Å². The molecule has 0 aromatic heterocycles. The van der Waals surface area contributed by atoms with Crippen molar-refractivity contribution in [2.24, 2.45) is 11.3 Å². The Labute approximate surface area is 119 Å². The Bertz CT molecular complexity index is 363. The monoisotopic (exact) mass is 285 g/mol. The lowest BCUT2D eigenvalue weighted by molar-refractivity contribution is -0.140. The van der Waals surface area contributed by atoms with Gasteiger partial charge in [-0.3, -0.25) is 9.59 Å².